The number of rotatable bonds is 4. The van der Waals surface area contributed by atoms with Crippen molar-refractivity contribution in [1.82, 2.24) is 5.32 Å². The van der Waals surface area contributed by atoms with Gasteiger partial charge in [-0.1, -0.05) is 0 Å². The predicted molar refractivity (Wildman–Crippen MR) is 82.2 cm³/mol. The molecule has 1 aromatic carbocycles. The molecule has 0 atom stereocenters. The van der Waals surface area contributed by atoms with E-state index < -0.39 is 11.8 Å². The molecule has 7 heteroatoms. The van der Waals surface area contributed by atoms with Gasteiger partial charge in [0.25, 0.3) is 0 Å². The average Bonchev–Trinajstić information content (AvgIpc) is 3.17. The molecule has 0 saturated carbocycles. The maximum atomic E-state index is 11.8. The zero-order valence-electron chi connectivity index (χ0n) is 11.6. The second kappa shape index (κ2) is 6.48. The second-order valence-corrected chi connectivity index (χ2v) is 5.44. The van der Waals surface area contributed by atoms with Gasteiger partial charge in [0.05, 0.1) is 0 Å². The lowest BCUT2D eigenvalue weighted by Crippen LogP contribution is -2.36. The first-order valence-electron chi connectivity index (χ1n) is 6.72. The third-order valence-corrected chi connectivity index (χ3v) is 3.85. The van der Waals surface area contributed by atoms with Crippen LogP contribution in [0, 0.1) is 0 Å². The van der Waals surface area contributed by atoms with Crippen molar-refractivity contribution in [2.75, 3.05) is 18.7 Å². The van der Waals surface area contributed by atoms with E-state index in [2.05, 4.69) is 10.6 Å². The van der Waals surface area contributed by atoms with Gasteiger partial charge in [0.1, 0.15) is 0 Å². The Bertz CT molecular complexity index is 685. The van der Waals surface area contributed by atoms with Gasteiger partial charge in [-0.05, 0) is 40.9 Å². The molecule has 0 aliphatic carbocycles. The Balaban J connectivity index is 1.49. The Hall–Kier alpha value is -2.54. The van der Waals surface area contributed by atoms with E-state index in [4.69, 9.17) is 9.47 Å². The van der Waals surface area contributed by atoms with E-state index in [1.807, 2.05) is 16.8 Å². The van der Waals surface area contributed by atoms with Crippen molar-refractivity contribution >= 4 is 28.8 Å². The van der Waals surface area contributed by atoms with Crippen LogP contribution in [0.2, 0.25) is 0 Å². The Morgan fingerprint density at radius 1 is 1.14 bits per heavy atom. The summed E-state index contributed by atoms with van der Waals surface area (Å²) in [5.41, 5.74) is 1.63. The van der Waals surface area contributed by atoms with Gasteiger partial charge >= 0.3 is 11.8 Å². The Morgan fingerprint density at radius 2 is 2.00 bits per heavy atom. The van der Waals surface area contributed by atoms with E-state index in [-0.39, 0.29) is 6.79 Å². The van der Waals surface area contributed by atoms with Crippen molar-refractivity contribution in [3.63, 3.8) is 0 Å². The second-order valence-electron chi connectivity index (χ2n) is 4.66. The van der Waals surface area contributed by atoms with E-state index in [0.29, 0.717) is 30.2 Å². The first-order valence-corrected chi connectivity index (χ1v) is 7.66. The summed E-state index contributed by atoms with van der Waals surface area (Å²) in [5, 5.41) is 9.11. The maximum absolute atomic E-state index is 11.8. The molecule has 2 aromatic rings. The van der Waals surface area contributed by atoms with Crippen LogP contribution < -0.4 is 20.1 Å². The molecule has 22 heavy (non-hydrogen) atoms. The number of carbonyl (C=O) groups excluding carboxylic acids is 2. The summed E-state index contributed by atoms with van der Waals surface area (Å²) in [6.45, 7) is 0.583. The van der Waals surface area contributed by atoms with Gasteiger partial charge < -0.3 is 20.1 Å². The highest BCUT2D eigenvalue weighted by Gasteiger charge is 2.17. The molecule has 1 aliphatic rings. The van der Waals surface area contributed by atoms with Crippen LogP contribution in [-0.4, -0.2) is 25.2 Å². The fourth-order valence-electron chi connectivity index (χ4n) is 2.00. The smallest absolute Gasteiger partial charge is 0.313 e. The van der Waals surface area contributed by atoms with Gasteiger partial charge in [0, 0.05) is 18.3 Å². The van der Waals surface area contributed by atoms with Crippen molar-refractivity contribution in [2.24, 2.45) is 0 Å². The molecule has 0 radical (unpaired) electrons. The molecule has 2 amide bonds. The van der Waals surface area contributed by atoms with Crippen LogP contribution in [0.25, 0.3) is 0 Å². The molecular weight excluding hydrogens is 304 g/mol. The van der Waals surface area contributed by atoms with Crippen LogP contribution in [0.5, 0.6) is 11.5 Å². The van der Waals surface area contributed by atoms with Gasteiger partial charge in [-0.2, -0.15) is 11.3 Å². The molecule has 0 saturated heterocycles. The fraction of sp³-hybridized carbons (Fsp3) is 0.200. The monoisotopic (exact) mass is 318 g/mol. The number of hydrogen-bond donors (Lipinski definition) is 2. The van der Waals surface area contributed by atoms with E-state index in [0.717, 1.165) is 5.56 Å². The highest BCUT2D eigenvalue weighted by Crippen LogP contribution is 2.34. The molecular formula is C15H14N2O4S. The molecule has 1 aromatic heterocycles. The zero-order valence-corrected chi connectivity index (χ0v) is 12.4. The predicted octanol–water partition coefficient (Wildman–Crippen LogP) is 1.77. The minimum Gasteiger partial charge on any atom is -0.454 e. The maximum Gasteiger partial charge on any atom is 0.313 e. The molecule has 0 spiro atoms. The van der Waals surface area contributed by atoms with Gasteiger partial charge in [-0.15, -0.1) is 0 Å². The van der Waals surface area contributed by atoms with Crippen molar-refractivity contribution < 1.29 is 19.1 Å². The van der Waals surface area contributed by atoms with Gasteiger partial charge in [0.15, 0.2) is 11.5 Å². The molecule has 0 unspecified atom stereocenters. The number of hydrogen-bond acceptors (Lipinski definition) is 5. The number of carbonyl (C=O) groups is 2. The first-order chi connectivity index (χ1) is 10.7. The summed E-state index contributed by atoms with van der Waals surface area (Å²) in [6.07, 6.45) is 0.701. The molecule has 0 bridgehead atoms. The Labute approximate surface area is 131 Å². The lowest BCUT2D eigenvalue weighted by molar-refractivity contribution is -0.136. The number of nitrogens with one attached hydrogen (secondary N) is 2. The summed E-state index contributed by atoms with van der Waals surface area (Å²) in [4.78, 5) is 23.5. The lowest BCUT2D eigenvalue weighted by Gasteiger charge is -2.07. The van der Waals surface area contributed by atoms with Crippen LogP contribution in [0.4, 0.5) is 5.69 Å². The summed E-state index contributed by atoms with van der Waals surface area (Å²) in [7, 11) is 0. The zero-order chi connectivity index (χ0) is 15.4. The van der Waals surface area contributed by atoms with Crippen molar-refractivity contribution in [3.05, 3.63) is 40.6 Å². The number of thiophene rings is 1. The quantitative estimate of drug-likeness (QED) is 0.843. The third-order valence-electron chi connectivity index (χ3n) is 3.12. The number of benzene rings is 1. The molecule has 3 rings (SSSR count). The standard InChI is InChI=1S/C15H14N2O4S/c18-14(16-5-3-10-4-6-22-8-10)15(19)17-11-1-2-12-13(7-11)21-9-20-12/h1-2,4,6-8H,3,5,9H2,(H,16,18)(H,17,19). The fourth-order valence-corrected chi connectivity index (χ4v) is 2.70. The minimum atomic E-state index is -0.704. The Morgan fingerprint density at radius 3 is 2.82 bits per heavy atom. The van der Waals surface area contributed by atoms with E-state index in [1.54, 1.807) is 29.5 Å². The Kier molecular flexibility index (Phi) is 4.24. The third kappa shape index (κ3) is 3.37. The molecule has 6 nitrogen and oxygen atoms in total. The highest BCUT2D eigenvalue weighted by atomic mass is 32.1. The van der Waals surface area contributed by atoms with Crippen LogP contribution >= 0.6 is 11.3 Å². The van der Waals surface area contributed by atoms with Crippen LogP contribution in [-0.2, 0) is 16.0 Å². The first kappa shape index (κ1) is 14.4. The topological polar surface area (TPSA) is 76.7 Å². The molecule has 114 valence electrons. The lowest BCUT2D eigenvalue weighted by atomic mass is 10.2. The molecule has 0 fully saturated rings. The minimum absolute atomic E-state index is 0.163. The van der Waals surface area contributed by atoms with Crippen LogP contribution in [0.3, 0.4) is 0 Å². The summed E-state index contributed by atoms with van der Waals surface area (Å²) in [6, 6.07) is 6.96. The summed E-state index contributed by atoms with van der Waals surface area (Å²) >= 11 is 1.60. The van der Waals surface area contributed by atoms with Crippen LogP contribution in [0.15, 0.2) is 35.0 Å². The number of fused-ring (bicyclic) bond motifs is 1. The number of anilines is 1. The van der Waals surface area contributed by atoms with Crippen molar-refractivity contribution in [3.8, 4) is 11.5 Å². The van der Waals surface area contributed by atoms with E-state index in [1.165, 1.54) is 0 Å². The van der Waals surface area contributed by atoms with Gasteiger partial charge in [-0.25, -0.2) is 0 Å². The molecule has 1 aliphatic heterocycles. The highest BCUT2D eigenvalue weighted by molar-refractivity contribution is 7.07. The van der Waals surface area contributed by atoms with Gasteiger partial charge in [0.2, 0.25) is 6.79 Å². The van der Waals surface area contributed by atoms with E-state index >= 15 is 0 Å². The van der Waals surface area contributed by atoms with Crippen LogP contribution in [0.1, 0.15) is 5.56 Å². The van der Waals surface area contributed by atoms with E-state index in [9.17, 15) is 9.59 Å². The van der Waals surface area contributed by atoms with Gasteiger partial charge in [-0.3, -0.25) is 9.59 Å². The van der Waals surface area contributed by atoms with Crippen molar-refractivity contribution in [2.45, 2.75) is 6.42 Å². The van der Waals surface area contributed by atoms with Crippen molar-refractivity contribution in [1.29, 1.82) is 0 Å². The molecule has 2 N–H and O–H groups in total. The summed E-state index contributed by atoms with van der Waals surface area (Å²) < 4.78 is 10.4. The normalized spacial score (nSPS) is 12.0. The SMILES string of the molecule is O=C(NCCc1ccsc1)C(=O)Nc1ccc2c(c1)OCO2. The number of ether oxygens (including phenoxy) is 2. The molecule has 2 heterocycles. The largest absolute Gasteiger partial charge is 0.454 e. The summed E-state index contributed by atoms with van der Waals surface area (Å²) in [5.74, 6) is -0.189. The average molecular weight is 318 g/mol. The number of amides is 2.